The number of hydrogen-bond acceptors (Lipinski definition) is 2. The van der Waals surface area contributed by atoms with Gasteiger partial charge in [0.25, 0.3) is 0 Å². The van der Waals surface area contributed by atoms with Gasteiger partial charge in [-0.05, 0) is 48.1 Å². The average Bonchev–Trinajstić information content (AvgIpc) is 2.87. The van der Waals surface area contributed by atoms with Crippen molar-refractivity contribution in [3.8, 4) is 0 Å². The van der Waals surface area contributed by atoms with E-state index < -0.39 is 0 Å². The summed E-state index contributed by atoms with van der Waals surface area (Å²) in [5, 5.41) is 8.87. The summed E-state index contributed by atoms with van der Waals surface area (Å²) in [4.78, 5) is 0. The Bertz CT molecular complexity index is 460. The molecule has 2 aromatic heterocycles. The molecule has 0 N–H and O–H groups in total. The standard InChI is InChI=1S/C11H15IN4/c1-3-9(2)16-7-4-10(13-16)8-15-6-5-11(12)14-15/h4-7,9H,3,8H2,1-2H3. The van der Waals surface area contributed by atoms with Gasteiger partial charge >= 0.3 is 0 Å². The summed E-state index contributed by atoms with van der Waals surface area (Å²) in [6.07, 6.45) is 5.11. The van der Waals surface area contributed by atoms with Crippen LogP contribution in [0.2, 0.25) is 0 Å². The lowest BCUT2D eigenvalue weighted by Gasteiger charge is -2.08. The van der Waals surface area contributed by atoms with Gasteiger partial charge in [-0.2, -0.15) is 10.2 Å². The predicted molar refractivity (Wildman–Crippen MR) is 71.3 cm³/mol. The zero-order valence-electron chi connectivity index (χ0n) is 9.47. The smallest absolute Gasteiger partial charge is 0.123 e. The summed E-state index contributed by atoms with van der Waals surface area (Å²) in [7, 11) is 0. The van der Waals surface area contributed by atoms with Crippen molar-refractivity contribution in [3.63, 3.8) is 0 Å². The van der Waals surface area contributed by atoms with Crippen molar-refractivity contribution in [1.29, 1.82) is 0 Å². The third-order valence-corrected chi connectivity index (χ3v) is 3.21. The zero-order chi connectivity index (χ0) is 11.5. The van der Waals surface area contributed by atoms with E-state index in [0.717, 1.165) is 22.4 Å². The van der Waals surface area contributed by atoms with Gasteiger partial charge in [-0.15, -0.1) is 0 Å². The maximum absolute atomic E-state index is 4.54. The molecule has 0 amide bonds. The molecule has 0 radical (unpaired) electrons. The Hall–Kier alpha value is -0.850. The molecule has 0 aromatic carbocycles. The van der Waals surface area contributed by atoms with Gasteiger partial charge in [-0.1, -0.05) is 6.92 Å². The van der Waals surface area contributed by atoms with Crippen molar-refractivity contribution in [2.24, 2.45) is 0 Å². The predicted octanol–water partition coefficient (Wildman–Crippen LogP) is 2.70. The number of rotatable bonds is 4. The summed E-state index contributed by atoms with van der Waals surface area (Å²) in [6, 6.07) is 4.51. The molecule has 0 spiro atoms. The SMILES string of the molecule is CCC(C)n1ccc(Cn2ccc(I)n2)n1. The molecular weight excluding hydrogens is 315 g/mol. The van der Waals surface area contributed by atoms with Crippen LogP contribution in [-0.4, -0.2) is 19.6 Å². The minimum atomic E-state index is 0.464. The van der Waals surface area contributed by atoms with Crippen LogP contribution in [0.3, 0.4) is 0 Å². The first-order chi connectivity index (χ1) is 7.69. The third-order valence-electron chi connectivity index (χ3n) is 2.64. The maximum atomic E-state index is 4.54. The van der Waals surface area contributed by atoms with Crippen molar-refractivity contribution in [3.05, 3.63) is 33.9 Å². The highest BCUT2D eigenvalue weighted by atomic mass is 127. The topological polar surface area (TPSA) is 35.6 Å². The van der Waals surface area contributed by atoms with Gasteiger partial charge in [0, 0.05) is 18.4 Å². The number of hydrogen-bond donors (Lipinski definition) is 0. The van der Waals surface area contributed by atoms with Crippen LogP contribution in [0.15, 0.2) is 24.5 Å². The number of nitrogens with zero attached hydrogens (tertiary/aromatic N) is 4. The van der Waals surface area contributed by atoms with E-state index in [2.05, 4.69) is 52.7 Å². The fraction of sp³-hybridized carbons (Fsp3) is 0.455. The first-order valence-corrected chi connectivity index (χ1v) is 6.50. The molecule has 2 aromatic rings. The molecule has 4 nitrogen and oxygen atoms in total. The minimum Gasteiger partial charge on any atom is -0.270 e. The molecule has 5 heteroatoms. The molecule has 2 rings (SSSR count). The summed E-state index contributed by atoms with van der Waals surface area (Å²) in [5.41, 5.74) is 1.06. The third kappa shape index (κ3) is 2.63. The number of halogens is 1. The van der Waals surface area contributed by atoms with E-state index in [4.69, 9.17) is 0 Å². The van der Waals surface area contributed by atoms with Crippen LogP contribution >= 0.6 is 22.6 Å². The highest BCUT2D eigenvalue weighted by Crippen LogP contribution is 2.10. The highest BCUT2D eigenvalue weighted by molar-refractivity contribution is 14.1. The summed E-state index contributed by atoms with van der Waals surface area (Å²) in [6.45, 7) is 5.09. The molecule has 0 aliphatic rings. The molecule has 0 aliphatic carbocycles. The van der Waals surface area contributed by atoms with Crippen LogP contribution in [0.5, 0.6) is 0 Å². The minimum absolute atomic E-state index is 0.464. The molecule has 0 bridgehead atoms. The lowest BCUT2D eigenvalue weighted by Crippen LogP contribution is -2.06. The van der Waals surface area contributed by atoms with Gasteiger partial charge in [0.1, 0.15) is 3.70 Å². The number of aromatic nitrogens is 4. The fourth-order valence-corrected chi connectivity index (χ4v) is 1.92. The van der Waals surface area contributed by atoms with Gasteiger partial charge in [0.2, 0.25) is 0 Å². The molecule has 0 saturated heterocycles. The second-order valence-corrected chi connectivity index (χ2v) is 4.99. The molecule has 0 aliphatic heterocycles. The fourth-order valence-electron chi connectivity index (χ4n) is 1.49. The lowest BCUT2D eigenvalue weighted by atomic mass is 10.3. The monoisotopic (exact) mass is 330 g/mol. The molecule has 1 unspecified atom stereocenters. The van der Waals surface area contributed by atoms with E-state index in [-0.39, 0.29) is 0 Å². The Morgan fingerprint density at radius 2 is 2.12 bits per heavy atom. The second kappa shape index (κ2) is 4.99. The normalized spacial score (nSPS) is 12.9. The zero-order valence-corrected chi connectivity index (χ0v) is 11.6. The van der Waals surface area contributed by atoms with Crippen LogP contribution in [0, 0.1) is 3.70 Å². The average molecular weight is 330 g/mol. The molecule has 16 heavy (non-hydrogen) atoms. The van der Waals surface area contributed by atoms with Gasteiger partial charge in [0.15, 0.2) is 0 Å². The van der Waals surface area contributed by atoms with Crippen molar-refractivity contribution in [1.82, 2.24) is 19.6 Å². The largest absolute Gasteiger partial charge is 0.270 e. The highest BCUT2D eigenvalue weighted by Gasteiger charge is 2.05. The van der Waals surface area contributed by atoms with Gasteiger partial charge in [0.05, 0.1) is 12.2 Å². The van der Waals surface area contributed by atoms with Crippen molar-refractivity contribution in [2.75, 3.05) is 0 Å². The van der Waals surface area contributed by atoms with E-state index in [1.54, 1.807) is 0 Å². The Labute approximate surface area is 109 Å². The van der Waals surface area contributed by atoms with Crippen LogP contribution in [-0.2, 0) is 6.54 Å². The van der Waals surface area contributed by atoms with E-state index in [9.17, 15) is 0 Å². The van der Waals surface area contributed by atoms with Crippen molar-refractivity contribution < 1.29 is 0 Å². The van der Waals surface area contributed by atoms with Gasteiger partial charge < -0.3 is 0 Å². The molecule has 0 saturated carbocycles. The van der Waals surface area contributed by atoms with Crippen LogP contribution in [0.4, 0.5) is 0 Å². The summed E-state index contributed by atoms with van der Waals surface area (Å²) >= 11 is 2.21. The van der Waals surface area contributed by atoms with E-state index in [1.165, 1.54) is 0 Å². The van der Waals surface area contributed by atoms with Crippen LogP contribution in [0.1, 0.15) is 32.0 Å². The Morgan fingerprint density at radius 1 is 1.31 bits per heavy atom. The molecule has 86 valence electrons. The van der Waals surface area contributed by atoms with Crippen LogP contribution in [0.25, 0.3) is 0 Å². The van der Waals surface area contributed by atoms with Gasteiger partial charge in [-0.25, -0.2) is 0 Å². The van der Waals surface area contributed by atoms with E-state index in [0.29, 0.717) is 6.04 Å². The molecule has 1 atom stereocenters. The van der Waals surface area contributed by atoms with Crippen LogP contribution < -0.4 is 0 Å². The molecule has 0 fully saturated rings. The molecule has 2 heterocycles. The Balaban J connectivity index is 2.08. The van der Waals surface area contributed by atoms with E-state index >= 15 is 0 Å². The Morgan fingerprint density at radius 3 is 2.75 bits per heavy atom. The Kier molecular flexibility index (Phi) is 3.63. The maximum Gasteiger partial charge on any atom is 0.123 e. The van der Waals surface area contributed by atoms with Crippen molar-refractivity contribution >= 4 is 22.6 Å². The first-order valence-electron chi connectivity index (χ1n) is 5.42. The van der Waals surface area contributed by atoms with E-state index in [1.807, 2.05) is 27.8 Å². The van der Waals surface area contributed by atoms with Gasteiger partial charge in [-0.3, -0.25) is 9.36 Å². The lowest BCUT2D eigenvalue weighted by molar-refractivity contribution is 0.471. The molecular formula is C11H15IN4. The second-order valence-electron chi connectivity index (χ2n) is 3.88. The summed E-state index contributed by atoms with van der Waals surface area (Å²) < 4.78 is 4.94. The quantitative estimate of drug-likeness (QED) is 0.808. The first kappa shape index (κ1) is 11.6. The summed E-state index contributed by atoms with van der Waals surface area (Å²) in [5.74, 6) is 0. The van der Waals surface area contributed by atoms with Crippen molar-refractivity contribution in [2.45, 2.75) is 32.9 Å².